The van der Waals surface area contributed by atoms with Crippen molar-refractivity contribution in [1.29, 1.82) is 0 Å². The highest BCUT2D eigenvalue weighted by atomic mass is 127. The average Bonchev–Trinajstić information content (AvgIpc) is 2.72. The van der Waals surface area contributed by atoms with Crippen LogP contribution in [0.15, 0.2) is 34.7 Å². The number of furan rings is 1. The molecular formula is C12H11FINO2. The van der Waals surface area contributed by atoms with E-state index in [1.165, 1.54) is 19.2 Å². The molecule has 2 aromatic rings. The molecule has 0 aliphatic heterocycles. The van der Waals surface area contributed by atoms with Crippen molar-refractivity contribution in [3.63, 3.8) is 0 Å². The smallest absolute Gasteiger partial charge is 0.164 e. The number of ether oxygens (including phenoxy) is 1. The van der Waals surface area contributed by atoms with Gasteiger partial charge in [0.2, 0.25) is 0 Å². The van der Waals surface area contributed by atoms with Crippen LogP contribution < -0.4 is 10.1 Å². The molecule has 0 spiro atoms. The molecule has 0 bridgehead atoms. The topological polar surface area (TPSA) is 34.4 Å². The van der Waals surface area contributed by atoms with Gasteiger partial charge in [-0.3, -0.25) is 0 Å². The van der Waals surface area contributed by atoms with Crippen molar-refractivity contribution in [3.05, 3.63) is 45.7 Å². The summed E-state index contributed by atoms with van der Waals surface area (Å²) in [4.78, 5) is 0. The second kappa shape index (κ2) is 5.39. The van der Waals surface area contributed by atoms with Crippen molar-refractivity contribution in [2.75, 3.05) is 12.4 Å². The molecule has 0 saturated heterocycles. The zero-order valence-electron chi connectivity index (χ0n) is 9.17. The molecule has 0 amide bonds. The minimum atomic E-state index is -0.333. The van der Waals surface area contributed by atoms with E-state index >= 15 is 0 Å². The van der Waals surface area contributed by atoms with Crippen LogP contribution in [0.2, 0.25) is 0 Å². The van der Waals surface area contributed by atoms with E-state index in [1.54, 1.807) is 6.07 Å². The second-order valence-corrected chi connectivity index (χ2v) is 4.50. The Bertz CT molecular complexity index is 513. The third-order valence-corrected chi connectivity index (χ3v) is 2.78. The monoisotopic (exact) mass is 347 g/mol. The van der Waals surface area contributed by atoms with Crippen LogP contribution in [-0.4, -0.2) is 7.11 Å². The summed E-state index contributed by atoms with van der Waals surface area (Å²) in [7, 11) is 1.51. The Morgan fingerprint density at radius 3 is 2.82 bits per heavy atom. The first-order chi connectivity index (χ1) is 8.17. The lowest BCUT2D eigenvalue weighted by molar-refractivity contribution is 0.411. The molecule has 0 aliphatic rings. The summed E-state index contributed by atoms with van der Waals surface area (Å²) in [5.74, 6) is 0.958. The van der Waals surface area contributed by atoms with Crippen LogP contribution >= 0.6 is 22.6 Å². The number of halogens is 2. The van der Waals surface area contributed by atoms with Gasteiger partial charge < -0.3 is 14.5 Å². The minimum Gasteiger partial charge on any atom is -0.497 e. The molecule has 17 heavy (non-hydrogen) atoms. The lowest BCUT2D eigenvalue weighted by Crippen LogP contribution is -1.99. The summed E-state index contributed by atoms with van der Waals surface area (Å²) in [6.45, 7) is 0.510. The highest BCUT2D eigenvalue weighted by Gasteiger charge is 2.03. The Hall–Kier alpha value is -1.24. The van der Waals surface area contributed by atoms with E-state index in [9.17, 15) is 4.39 Å². The van der Waals surface area contributed by atoms with Gasteiger partial charge in [0.05, 0.1) is 13.7 Å². The first-order valence-corrected chi connectivity index (χ1v) is 6.08. The molecule has 0 aliphatic carbocycles. The van der Waals surface area contributed by atoms with Gasteiger partial charge in [0.25, 0.3) is 0 Å². The first kappa shape index (κ1) is 12.2. The molecule has 1 aromatic carbocycles. The predicted molar refractivity (Wildman–Crippen MR) is 71.7 cm³/mol. The van der Waals surface area contributed by atoms with Gasteiger partial charge in [0.1, 0.15) is 17.3 Å². The molecule has 0 unspecified atom stereocenters. The number of hydrogen-bond acceptors (Lipinski definition) is 3. The normalized spacial score (nSPS) is 10.3. The Morgan fingerprint density at radius 2 is 2.18 bits per heavy atom. The van der Waals surface area contributed by atoms with Gasteiger partial charge in [-0.15, -0.1) is 0 Å². The quantitative estimate of drug-likeness (QED) is 0.858. The van der Waals surface area contributed by atoms with E-state index in [0.717, 1.165) is 9.53 Å². The van der Waals surface area contributed by atoms with Crippen molar-refractivity contribution in [2.24, 2.45) is 0 Å². The average molecular weight is 347 g/mol. The van der Waals surface area contributed by atoms with Crippen molar-refractivity contribution in [1.82, 2.24) is 0 Å². The summed E-state index contributed by atoms with van der Waals surface area (Å²) in [5.41, 5.74) is 0.660. The SMILES string of the molecule is COc1cc(F)cc(NCc2ccc(I)o2)c1. The van der Waals surface area contributed by atoms with Gasteiger partial charge >= 0.3 is 0 Å². The molecule has 0 saturated carbocycles. The third kappa shape index (κ3) is 3.36. The van der Waals surface area contributed by atoms with Gasteiger partial charge in [0.15, 0.2) is 3.77 Å². The Balaban J connectivity index is 2.05. The van der Waals surface area contributed by atoms with E-state index in [4.69, 9.17) is 9.15 Å². The van der Waals surface area contributed by atoms with Gasteiger partial charge in [0, 0.05) is 17.8 Å². The third-order valence-electron chi connectivity index (χ3n) is 2.20. The van der Waals surface area contributed by atoms with Crippen molar-refractivity contribution in [2.45, 2.75) is 6.54 Å². The molecular weight excluding hydrogens is 336 g/mol. The molecule has 2 rings (SSSR count). The maximum Gasteiger partial charge on any atom is 0.164 e. The van der Waals surface area contributed by atoms with Crippen molar-refractivity contribution >= 4 is 28.3 Å². The highest BCUT2D eigenvalue weighted by Crippen LogP contribution is 2.20. The van der Waals surface area contributed by atoms with E-state index in [0.29, 0.717) is 18.0 Å². The molecule has 1 heterocycles. The van der Waals surface area contributed by atoms with Crippen LogP contribution in [-0.2, 0) is 6.54 Å². The highest BCUT2D eigenvalue weighted by molar-refractivity contribution is 14.1. The Kier molecular flexibility index (Phi) is 3.88. The number of anilines is 1. The maximum atomic E-state index is 13.2. The maximum absolute atomic E-state index is 13.2. The fraction of sp³-hybridized carbons (Fsp3) is 0.167. The van der Waals surface area contributed by atoms with E-state index in [1.807, 2.05) is 12.1 Å². The van der Waals surface area contributed by atoms with Crippen molar-refractivity contribution < 1.29 is 13.5 Å². The molecule has 0 radical (unpaired) electrons. The summed E-state index contributed by atoms with van der Waals surface area (Å²) >= 11 is 2.10. The number of rotatable bonds is 4. The fourth-order valence-corrected chi connectivity index (χ4v) is 1.88. The molecule has 0 fully saturated rings. The first-order valence-electron chi connectivity index (χ1n) is 5.00. The van der Waals surface area contributed by atoms with Crippen LogP contribution in [0.1, 0.15) is 5.76 Å². The minimum absolute atomic E-state index is 0.333. The second-order valence-electron chi connectivity index (χ2n) is 3.44. The van der Waals surface area contributed by atoms with E-state index in [2.05, 4.69) is 27.9 Å². The molecule has 0 atom stereocenters. The number of hydrogen-bond donors (Lipinski definition) is 1. The standard InChI is InChI=1S/C12H11FINO2/c1-16-11-5-8(13)4-9(6-11)15-7-10-2-3-12(14)17-10/h2-6,15H,7H2,1H3. The molecule has 1 aromatic heterocycles. The van der Waals surface area contributed by atoms with Crippen LogP contribution in [0.3, 0.4) is 0 Å². The van der Waals surface area contributed by atoms with Crippen LogP contribution in [0, 0.1) is 9.58 Å². The Labute approximate surface area is 112 Å². The van der Waals surface area contributed by atoms with Gasteiger partial charge in [-0.25, -0.2) is 4.39 Å². The molecule has 3 nitrogen and oxygen atoms in total. The lowest BCUT2D eigenvalue weighted by Gasteiger charge is -2.07. The zero-order valence-corrected chi connectivity index (χ0v) is 11.3. The van der Waals surface area contributed by atoms with Crippen LogP contribution in [0.4, 0.5) is 10.1 Å². The summed E-state index contributed by atoms with van der Waals surface area (Å²) in [5, 5.41) is 3.07. The van der Waals surface area contributed by atoms with Crippen LogP contribution in [0.5, 0.6) is 5.75 Å². The molecule has 5 heteroatoms. The largest absolute Gasteiger partial charge is 0.497 e. The zero-order chi connectivity index (χ0) is 12.3. The van der Waals surface area contributed by atoms with Gasteiger partial charge in [-0.2, -0.15) is 0 Å². The molecule has 90 valence electrons. The number of methoxy groups -OCH3 is 1. The molecule has 1 N–H and O–H groups in total. The number of benzene rings is 1. The number of nitrogens with one attached hydrogen (secondary N) is 1. The Morgan fingerprint density at radius 1 is 1.35 bits per heavy atom. The predicted octanol–water partition coefficient (Wildman–Crippen LogP) is 3.64. The van der Waals surface area contributed by atoms with E-state index in [-0.39, 0.29) is 5.82 Å². The summed E-state index contributed by atoms with van der Waals surface area (Å²) in [6, 6.07) is 8.24. The van der Waals surface area contributed by atoms with Crippen LogP contribution in [0.25, 0.3) is 0 Å². The summed E-state index contributed by atoms with van der Waals surface area (Å²) in [6.07, 6.45) is 0. The van der Waals surface area contributed by atoms with Crippen molar-refractivity contribution in [3.8, 4) is 5.75 Å². The van der Waals surface area contributed by atoms with E-state index < -0.39 is 0 Å². The van der Waals surface area contributed by atoms with Gasteiger partial charge in [-0.05, 0) is 40.8 Å². The fourth-order valence-electron chi connectivity index (χ4n) is 1.42. The van der Waals surface area contributed by atoms with Gasteiger partial charge in [-0.1, -0.05) is 0 Å². The lowest BCUT2D eigenvalue weighted by atomic mass is 10.3. The summed E-state index contributed by atoms with van der Waals surface area (Å²) < 4.78 is 24.4.